The van der Waals surface area contributed by atoms with E-state index in [2.05, 4.69) is 10.6 Å². The Balaban J connectivity index is 1.76. The number of carbonyl (C=O) groups excluding carboxylic acids is 1. The van der Waals surface area contributed by atoms with E-state index in [1.807, 2.05) is 24.3 Å². The fraction of sp³-hybridized carbons (Fsp3) is 0.533. The number of para-hydroxylation sites is 1. The summed E-state index contributed by atoms with van der Waals surface area (Å²) >= 11 is 0. The molecule has 1 amide bonds. The largest absolute Gasteiger partial charge is 0.493 e. The number of benzene rings is 1. The molecule has 1 aliphatic rings. The molecular weight excluding hydrogens is 256 g/mol. The highest BCUT2D eigenvalue weighted by Crippen LogP contribution is 2.31. The molecule has 1 unspecified atom stereocenters. The first kappa shape index (κ1) is 14.8. The zero-order valence-electron chi connectivity index (χ0n) is 11.9. The van der Waals surface area contributed by atoms with E-state index in [0.717, 1.165) is 24.2 Å². The number of methoxy groups -OCH3 is 1. The summed E-state index contributed by atoms with van der Waals surface area (Å²) in [5.41, 5.74) is 1.13. The van der Waals surface area contributed by atoms with Crippen LogP contribution in [-0.2, 0) is 9.53 Å². The number of carbonyl (C=O) groups is 1. The number of nitrogens with one attached hydrogen (secondary N) is 2. The molecule has 0 spiro atoms. The van der Waals surface area contributed by atoms with Crippen molar-refractivity contribution in [3.63, 3.8) is 0 Å². The number of hydrogen-bond donors (Lipinski definition) is 2. The lowest BCUT2D eigenvalue weighted by atomic mass is 10.0. The Morgan fingerprint density at radius 3 is 3.15 bits per heavy atom. The van der Waals surface area contributed by atoms with E-state index < -0.39 is 0 Å². The fourth-order valence-electron chi connectivity index (χ4n) is 2.28. The normalized spacial score (nSPS) is 17.1. The van der Waals surface area contributed by atoms with Crippen LogP contribution in [0.1, 0.15) is 24.4 Å². The van der Waals surface area contributed by atoms with Crippen LogP contribution >= 0.6 is 0 Å². The fourth-order valence-corrected chi connectivity index (χ4v) is 2.28. The van der Waals surface area contributed by atoms with Gasteiger partial charge in [-0.2, -0.15) is 0 Å². The Hall–Kier alpha value is -1.59. The number of fused-ring (bicyclic) bond motifs is 1. The second-order valence-electron chi connectivity index (χ2n) is 4.80. The van der Waals surface area contributed by atoms with Gasteiger partial charge in [-0.1, -0.05) is 18.2 Å². The molecular formula is C15H22N2O3. The number of ether oxygens (including phenoxy) is 2. The van der Waals surface area contributed by atoms with Crippen molar-refractivity contribution in [2.75, 3.05) is 33.4 Å². The maximum absolute atomic E-state index is 11.7. The minimum absolute atomic E-state index is 0.0186. The minimum Gasteiger partial charge on any atom is -0.493 e. The van der Waals surface area contributed by atoms with Gasteiger partial charge in [0.2, 0.25) is 5.91 Å². The van der Waals surface area contributed by atoms with E-state index in [4.69, 9.17) is 9.47 Å². The maximum atomic E-state index is 11.7. The molecule has 110 valence electrons. The lowest BCUT2D eigenvalue weighted by Crippen LogP contribution is -2.37. The van der Waals surface area contributed by atoms with Crippen molar-refractivity contribution in [2.24, 2.45) is 0 Å². The molecule has 0 fully saturated rings. The molecule has 2 N–H and O–H groups in total. The van der Waals surface area contributed by atoms with Gasteiger partial charge in [-0.3, -0.25) is 4.79 Å². The van der Waals surface area contributed by atoms with Crippen molar-refractivity contribution in [3.05, 3.63) is 29.8 Å². The predicted molar refractivity (Wildman–Crippen MR) is 76.8 cm³/mol. The molecule has 5 heteroatoms. The molecule has 1 aliphatic heterocycles. The number of amides is 1. The highest BCUT2D eigenvalue weighted by molar-refractivity contribution is 5.78. The maximum Gasteiger partial charge on any atom is 0.233 e. The molecule has 0 saturated heterocycles. The minimum atomic E-state index is 0.0186. The zero-order valence-corrected chi connectivity index (χ0v) is 11.9. The van der Waals surface area contributed by atoms with Gasteiger partial charge in [-0.25, -0.2) is 0 Å². The molecule has 1 heterocycles. The van der Waals surface area contributed by atoms with Crippen molar-refractivity contribution in [1.29, 1.82) is 0 Å². The Labute approximate surface area is 119 Å². The Morgan fingerprint density at radius 1 is 1.45 bits per heavy atom. The van der Waals surface area contributed by atoms with E-state index in [9.17, 15) is 4.79 Å². The summed E-state index contributed by atoms with van der Waals surface area (Å²) in [6.07, 6.45) is 1.72. The van der Waals surface area contributed by atoms with Crippen LogP contribution in [0.15, 0.2) is 24.3 Å². The summed E-state index contributed by atoms with van der Waals surface area (Å²) in [6.45, 7) is 2.33. The van der Waals surface area contributed by atoms with Crippen LogP contribution in [0.4, 0.5) is 0 Å². The van der Waals surface area contributed by atoms with E-state index >= 15 is 0 Å². The topological polar surface area (TPSA) is 59.6 Å². The van der Waals surface area contributed by atoms with Gasteiger partial charge >= 0.3 is 0 Å². The van der Waals surface area contributed by atoms with Crippen molar-refractivity contribution in [1.82, 2.24) is 10.6 Å². The third-order valence-corrected chi connectivity index (χ3v) is 3.31. The van der Waals surface area contributed by atoms with E-state index in [1.54, 1.807) is 7.11 Å². The highest BCUT2D eigenvalue weighted by atomic mass is 16.5. The van der Waals surface area contributed by atoms with Gasteiger partial charge < -0.3 is 20.1 Å². The van der Waals surface area contributed by atoms with Gasteiger partial charge in [0, 0.05) is 38.3 Å². The third-order valence-electron chi connectivity index (χ3n) is 3.31. The second kappa shape index (κ2) is 7.87. The molecule has 1 aromatic rings. The zero-order chi connectivity index (χ0) is 14.2. The van der Waals surface area contributed by atoms with Crippen LogP contribution in [0, 0.1) is 0 Å². The lowest BCUT2D eigenvalue weighted by molar-refractivity contribution is -0.120. The Kier molecular flexibility index (Phi) is 5.83. The summed E-state index contributed by atoms with van der Waals surface area (Å²) in [7, 11) is 1.66. The number of hydrogen-bond acceptors (Lipinski definition) is 4. The lowest BCUT2D eigenvalue weighted by Gasteiger charge is -2.26. The van der Waals surface area contributed by atoms with Crippen LogP contribution < -0.4 is 15.4 Å². The summed E-state index contributed by atoms with van der Waals surface area (Å²) in [5, 5.41) is 6.16. The summed E-state index contributed by atoms with van der Waals surface area (Å²) < 4.78 is 10.5. The molecule has 0 radical (unpaired) electrons. The van der Waals surface area contributed by atoms with Gasteiger partial charge in [0.15, 0.2) is 0 Å². The van der Waals surface area contributed by atoms with Gasteiger partial charge in [-0.15, -0.1) is 0 Å². The van der Waals surface area contributed by atoms with Gasteiger partial charge in [0.05, 0.1) is 13.2 Å². The third kappa shape index (κ3) is 4.21. The summed E-state index contributed by atoms with van der Waals surface area (Å²) in [5.74, 6) is 0.932. The number of rotatable bonds is 7. The monoisotopic (exact) mass is 278 g/mol. The first-order valence-corrected chi connectivity index (χ1v) is 7.02. The molecule has 1 aromatic carbocycles. The van der Waals surface area contributed by atoms with Crippen LogP contribution in [0.25, 0.3) is 0 Å². The van der Waals surface area contributed by atoms with Crippen LogP contribution in [0.3, 0.4) is 0 Å². The molecule has 0 bridgehead atoms. The average Bonchev–Trinajstić information content (AvgIpc) is 2.49. The van der Waals surface area contributed by atoms with Gasteiger partial charge in [0.25, 0.3) is 0 Å². The summed E-state index contributed by atoms with van der Waals surface area (Å²) in [6, 6.07) is 8.15. The summed E-state index contributed by atoms with van der Waals surface area (Å²) in [4.78, 5) is 11.7. The van der Waals surface area contributed by atoms with E-state index in [0.29, 0.717) is 26.3 Å². The molecule has 0 saturated carbocycles. The average molecular weight is 278 g/mol. The van der Waals surface area contributed by atoms with Gasteiger partial charge in [0.1, 0.15) is 5.75 Å². The molecule has 20 heavy (non-hydrogen) atoms. The van der Waals surface area contributed by atoms with Gasteiger partial charge in [-0.05, 0) is 12.5 Å². The Morgan fingerprint density at radius 2 is 2.30 bits per heavy atom. The molecule has 0 aromatic heterocycles. The SMILES string of the molecule is COCCCNC(=O)CNC1CCOc2ccccc21. The first-order chi connectivity index (χ1) is 9.81. The molecule has 1 atom stereocenters. The van der Waals surface area contributed by atoms with Crippen molar-refractivity contribution < 1.29 is 14.3 Å². The first-order valence-electron chi connectivity index (χ1n) is 7.02. The van der Waals surface area contributed by atoms with Crippen LogP contribution in [0.5, 0.6) is 5.75 Å². The highest BCUT2D eigenvalue weighted by Gasteiger charge is 2.20. The predicted octanol–water partition coefficient (Wildman–Crippen LogP) is 1.25. The van der Waals surface area contributed by atoms with Crippen molar-refractivity contribution >= 4 is 5.91 Å². The van der Waals surface area contributed by atoms with Crippen molar-refractivity contribution in [2.45, 2.75) is 18.9 Å². The van der Waals surface area contributed by atoms with E-state index in [-0.39, 0.29) is 11.9 Å². The van der Waals surface area contributed by atoms with Crippen molar-refractivity contribution in [3.8, 4) is 5.75 Å². The second-order valence-corrected chi connectivity index (χ2v) is 4.80. The molecule has 5 nitrogen and oxygen atoms in total. The van der Waals surface area contributed by atoms with E-state index in [1.165, 1.54) is 0 Å². The molecule has 2 rings (SSSR count). The Bertz CT molecular complexity index is 437. The smallest absolute Gasteiger partial charge is 0.233 e. The van der Waals surface area contributed by atoms with Crippen LogP contribution in [0.2, 0.25) is 0 Å². The molecule has 0 aliphatic carbocycles. The van der Waals surface area contributed by atoms with Crippen LogP contribution in [-0.4, -0.2) is 39.3 Å². The quantitative estimate of drug-likeness (QED) is 0.737. The standard InChI is InChI=1S/C15H22N2O3/c1-19-9-4-8-16-15(18)11-17-13-7-10-20-14-6-3-2-5-12(13)14/h2-3,5-6,13,17H,4,7-11H2,1H3,(H,16,18).